The minimum atomic E-state index is 0.716. The Balaban J connectivity index is 1.68. The summed E-state index contributed by atoms with van der Waals surface area (Å²) >= 11 is 6.04. The van der Waals surface area contributed by atoms with Gasteiger partial charge in [-0.2, -0.15) is 0 Å². The van der Waals surface area contributed by atoms with Crippen molar-refractivity contribution in [2.45, 2.75) is 38.4 Å². The largest absolute Gasteiger partial charge is 0.497 e. The number of halogens is 1. The predicted octanol–water partition coefficient (Wildman–Crippen LogP) is 4.84. The van der Waals surface area contributed by atoms with Crippen molar-refractivity contribution in [1.29, 1.82) is 0 Å². The van der Waals surface area contributed by atoms with Gasteiger partial charge in [-0.3, -0.25) is 4.90 Å². The highest BCUT2D eigenvalue weighted by Gasteiger charge is 2.21. The fraction of sp³-hybridized carbons (Fsp3) is 0.455. The zero-order chi connectivity index (χ0) is 18.4. The Kier molecular flexibility index (Phi) is 6.95. The Morgan fingerprint density at radius 3 is 2.58 bits per heavy atom. The Morgan fingerprint density at radius 1 is 1.12 bits per heavy atom. The molecule has 26 heavy (non-hydrogen) atoms. The summed E-state index contributed by atoms with van der Waals surface area (Å²) in [5, 5.41) is 0.792. The molecule has 1 aliphatic heterocycles. The first-order chi connectivity index (χ1) is 12.6. The number of benzene rings is 2. The van der Waals surface area contributed by atoms with E-state index < -0.39 is 0 Å². The zero-order valence-corrected chi connectivity index (χ0v) is 16.6. The molecule has 1 saturated heterocycles. The van der Waals surface area contributed by atoms with E-state index in [1.54, 1.807) is 7.11 Å². The molecule has 0 bridgehead atoms. The summed E-state index contributed by atoms with van der Waals surface area (Å²) in [6, 6.07) is 17.3. The van der Waals surface area contributed by atoms with Crippen molar-refractivity contribution in [3.63, 3.8) is 0 Å². The minimum absolute atomic E-state index is 0.716. The lowest BCUT2D eigenvalue weighted by molar-refractivity contribution is 0.211. The summed E-state index contributed by atoms with van der Waals surface area (Å²) < 4.78 is 5.38. The van der Waals surface area contributed by atoms with Crippen LogP contribution in [0.25, 0.3) is 0 Å². The first kappa shape index (κ1) is 19.2. The van der Waals surface area contributed by atoms with Gasteiger partial charge < -0.3 is 9.64 Å². The van der Waals surface area contributed by atoms with Crippen LogP contribution in [-0.4, -0.2) is 43.1 Å². The molecule has 1 fully saturated rings. The molecule has 4 heteroatoms. The van der Waals surface area contributed by atoms with Crippen LogP contribution in [0.3, 0.4) is 0 Å². The molecule has 0 radical (unpaired) electrons. The smallest absolute Gasteiger partial charge is 0.119 e. The van der Waals surface area contributed by atoms with Gasteiger partial charge in [0.15, 0.2) is 0 Å². The van der Waals surface area contributed by atoms with Gasteiger partial charge in [-0.15, -0.1) is 0 Å². The van der Waals surface area contributed by atoms with Gasteiger partial charge in [0.05, 0.1) is 7.11 Å². The third-order valence-electron chi connectivity index (χ3n) is 5.31. The van der Waals surface area contributed by atoms with Crippen LogP contribution in [0.4, 0.5) is 0 Å². The lowest BCUT2D eigenvalue weighted by Gasteiger charge is -2.26. The van der Waals surface area contributed by atoms with Crippen LogP contribution in [0.15, 0.2) is 48.5 Å². The van der Waals surface area contributed by atoms with Gasteiger partial charge >= 0.3 is 0 Å². The Labute approximate surface area is 162 Å². The number of likely N-dealkylation sites (tertiary alicyclic amines) is 1. The molecule has 3 nitrogen and oxygen atoms in total. The number of ether oxygens (including phenoxy) is 1. The normalized spacial score (nSPS) is 17.8. The Bertz CT molecular complexity index is 689. The highest BCUT2D eigenvalue weighted by Crippen LogP contribution is 2.21. The monoisotopic (exact) mass is 372 g/mol. The fourth-order valence-corrected chi connectivity index (χ4v) is 3.89. The molecule has 2 aromatic rings. The maximum atomic E-state index is 6.04. The van der Waals surface area contributed by atoms with Gasteiger partial charge in [0.2, 0.25) is 0 Å². The summed E-state index contributed by atoms with van der Waals surface area (Å²) in [6.45, 7) is 4.19. The van der Waals surface area contributed by atoms with Crippen molar-refractivity contribution >= 4 is 11.6 Å². The standard InChI is InChI=1S/C22H29ClN2O/c1-24-13-4-6-21(24)12-14-25(16-18-8-10-20(23)11-9-18)17-19-5-3-7-22(15-19)26-2/h3,5,7-11,15,21H,4,6,12-14,16-17H2,1-2H3/t21-/m0/s1. The van der Waals surface area contributed by atoms with Gasteiger partial charge in [0, 0.05) is 30.7 Å². The molecule has 2 aromatic carbocycles. The zero-order valence-electron chi connectivity index (χ0n) is 15.8. The van der Waals surface area contributed by atoms with Crippen LogP contribution in [0, 0.1) is 0 Å². The molecule has 140 valence electrons. The molecule has 0 saturated carbocycles. The van der Waals surface area contributed by atoms with Crippen LogP contribution in [0.2, 0.25) is 5.02 Å². The van der Waals surface area contributed by atoms with Crippen LogP contribution in [0.1, 0.15) is 30.4 Å². The van der Waals surface area contributed by atoms with Crippen molar-refractivity contribution in [1.82, 2.24) is 9.80 Å². The summed E-state index contributed by atoms with van der Waals surface area (Å²) in [4.78, 5) is 5.04. The lowest BCUT2D eigenvalue weighted by atomic mass is 10.1. The third kappa shape index (κ3) is 5.47. The van der Waals surface area contributed by atoms with Crippen LogP contribution < -0.4 is 4.74 Å². The van der Waals surface area contributed by atoms with Gasteiger partial charge in [-0.1, -0.05) is 35.9 Å². The molecule has 1 heterocycles. The van der Waals surface area contributed by atoms with Gasteiger partial charge in [-0.05, 0) is 68.2 Å². The van der Waals surface area contributed by atoms with E-state index in [9.17, 15) is 0 Å². The predicted molar refractivity (Wildman–Crippen MR) is 109 cm³/mol. The summed E-state index contributed by atoms with van der Waals surface area (Å²) in [7, 11) is 3.98. The van der Waals surface area contributed by atoms with E-state index in [2.05, 4.69) is 47.2 Å². The first-order valence-electron chi connectivity index (χ1n) is 9.44. The van der Waals surface area contributed by atoms with Crippen molar-refractivity contribution in [2.75, 3.05) is 27.2 Å². The van der Waals surface area contributed by atoms with Crippen LogP contribution >= 0.6 is 11.6 Å². The number of rotatable bonds is 8. The van der Waals surface area contributed by atoms with Gasteiger partial charge in [-0.25, -0.2) is 0 Å². The number of methoxy groups -OCH3 is 1. The maximum Gasteiger partial charge on any atom is 0.119 e. The Hall–Kier alpha value is -1.55. The molecule has 0 aliphatic carbocycles. The van der Waals surface area contributed by atoms with E-state index in [0.717, 1.165) is 30.4 Å². The molecule has 1 atom stereocenters. The molecule has 0 N–H and O–H groups in total. The maximum absolute atomic E-state index is 6.04. The molecule has 0 aromatic heterocycles. The second kappa shape index (κ2) is 9.40. The summed E-state index contributed by atoms with van der Waals surface area (Å²) in [5.41, 5.74) is 2.59. The van der Waals surface area contributed by atoms with E-state index in [1.165, 1.54) is 36.9 Å². The Morgan fingerprint density at radius 2 is 1.88 bits per heavy atom. The van der Waals surface area contributed by atoms with E-state index in [-0.39, 0.29) is 0 Å². The number of nitrogens with zero attached hydrogens (tertiary/aromatic N) is 2. The fourth-order valence-electron chi connectivity index (χ4n) is 3.77. The number of hydrogen-bond donors (Lipinski definition) is 0. The summed E-state index contributed by atoms with van der Waals surface area (Å²) in [6.07, 6.45) is 3.87. The second-order valence-electron chi connectivity index (χ2n) is 7.25. The number of hydrogen-bond acceptors (Lipinski definition) is 3. The van der Waals surface area contributed by atoms with E-state index >= 15 is 0 Å². The minimum Gasteiger partial charge on any atom is -0.497 e. The quantitative estimate of drug-likeness (QED) is 0.659. The average molecular weight is 373 g/mol. The van der Waals surface area contributed by atoms with Crippen molar-refractivity contribution in [3.8, 4) is 5.75 Å². The molecular weight excluding hydrogens is 344 g/mol. The van der Waals surface area contributed by atoms with Crippen LogP contribution in [-0.2, 0) is 13.1 Å². The van der Waals surface area contributed by atoms with Crippen molar-refractivity contribution < 1.29 is 4.74 Å². The molecule has 3 rings (SSSR count). The lowest BCUT2D eigenvalue weighted by Crippen LogP contribution is -2.31. The summed E-state index contributed by atoms with van der Waals surface area (Å²) in [5.74, 6) is 0.921. The average Bonchev–Trinajstić information content (AvgIpc) is 3.06. The first-order valence-corrected chi connectivity index (χ1v) is 9.82. The molecule has 0 spiro atoms. The molecular formula is C22H29ClN2O. The van der Waals surface area contributed by atoms with Crippen molar-refractivity contribution in [2.24, 2.45) is 0 Å². The van der Waals surface area contributed by atoms with Gasteiger partial charge in [0.1, 0.15) is 5.75 Å². The molecule has 0 amide bonds. The highest BCUT2D eigenvalue weighted by molar-refractivity contribution is 6.30. The highest BCUT2D eigenvalue weighted by atomic mass is 35.5. The van der Waals surface area contributed by atoms with Gasteiger partial charge in [0.25, 0.3) is 0 Å². The van der Waals surface area contributed by atoms with Crippen LogP contribution in [0.5, 0.6) is 5.75 Å². The third-order valence-corrected chi connectivity index (χ3v) is 5.56. The van der Waals surface area contributed by atoms with E-state index in [0.29, 0.717) is 6.04 Å². The van der Waals surface area contributed by atoms with Crippen molar-refractivity contribution in [3.05, 3.63) is 64.7 Å². The molecule has 1 aliphatic rings. The van der Waals surface area contributed by atoms with E-state index in [4.69, 9.17) is 16.3 Å². The van der Waals surface area contributed by atoms with E-state index in [1.807, 2.05) is 18.2 Å². The SMILES string of the molecule is COc1cccc(CN(CC[C@@H]2CCCN2C)Cc2ccc(Cl)cc2)c1. The topological polar surface area (TPSA) is 15.7 Å². The second-order valence-corrected chi connectivity index (χ2v) is 7.69. The molecule has 0 unspecified atom stereocenters.